The first-order valence-corrected chi connectivity index (χ1v) is 10.4. The van der Waals surface area contributed by atoms with Crippen molar-refractivity contribution in [1.29, 1.82) is 0 Å². The van der Waals surface area contributed by atoms with Gasteiger partial charge in [-0.15, -0.1) is 0 Å². The van der Waals surface area contributed by atoms with E-state index in [1.807, 2.05) is 24.3 Å². The molecule has 0 atom stereocenters. The molecule has 1 heterocycles. The normalized spacial score (nSPS) is 11.4. The predicted octanol–water partition coefficient (Wildman–Crippen LogP) is 2.68. The van der Waals surface area contributed by atoms with Crippen LogP contribution in [0.5, 0.6) is 5.75 Å². The van der Waals surface area contributed by atoms with Crippen LogP contribution in [0.3, 0.4) is 0 Å². The lowest BCUT2D eigenvalue weighted by molar-refractivity contribution is 0.299. The van der Waals surface area contributed by atoms with Crippen molar-refractivity contribution in [3.05, 3.63) is 48.0 Å². The van der Waals surface area contributed by atoms with E-state index in [0.29, 0.717) is 28.9 Å². The number of sulfonamides is 1. The molecule has 3 N–H and O–H groups in total. The third-order valence-electron chi connectivity index (χ3n) is 4.12. The number of nitrogens with one attached hydrogen (secondary N) is 2. The zero-order valence-electron chi connectivity index (χ0n) is 15.6. The Morgan fingerprint density at radius 1 is 1.07 bits per heavy atom. The van der Waals surface area contributed by atoms with Crippen LogP contribution >= 0.6 is 0 Å². The van der Waals surface area contributed by atoms with Gasteiger partial charge in [0, 0.05) is 6.61 Å². The Labute approximate surface area is 163 Å². The molecule has 0 fully saturated rings. The highest BCUT2D eigenvalue weighted by atomic mass is 32.2. The molecule has 0 saturated heterocycles. The number of fused-ring (bicyclic) bond motifs is 1. The summed E-state index contributed by atoms with van der Waals surface area (Å²) in [5, 5.41) is 12.2. The molecule has 0 aliphatic rings. The SMILES string of the molecule is CCS(=O)(=O)Nc1nc2ccccc2nc1Nc1ccc(CCO)cc1OC. The number of ether oxygens (including phenoxy) is 1. The van der Waals surface area contributed by atoms with Gasteiger partial charge in [-0.1, -0.05) is 18.2 Å². The largest absolute Gasteiger partial charge is 0.495 e. The van der Waals surface area contributed by atoms with E-state index in [1.54, 1.807) is 25.1 Å². The Balaban J connectivity index is 2.06. The summed E-state index contributed by atoms with van der Waals surface area (Å²) in [4.78, 5) is 8.94. The minimum Gasteiger partial charge on any atom is -0.495 e. The summed E-state index contributed by atoms with van der Waals surface area (Å²) in [6.45, 7) is 1.59. The van der Waals surface area contributed by atoms with E-state index < -0.39 is 10.0 Å². The summed E-state index contributed by atoms with van der Waals surface area (Å²) in [6, 6.07) is 12.7. The Kier molecular flexibility index (Phi) is 5.96. The fraction of sp³-hybridized carbons (Fsp3) is 0.263. The first-order chi connectivity index (χ1) is 13.5. The second kappa shape index (κ2) is 8.41. The van der Waals surface area contributed by atoms with Gasteiger partial charge in [0.15, 0.2) is 11.6 Å². The highest BCUT2D eigenvalue weighted by Gasteiger charge is 2.16. The van der Waals surface area contributed by atoms with Crippen LogP contribution < -0.4 is 14.8 Å². The fourth-order valence-corrected chi connectivity index (χ4v) is 3.21. The number of para-hydroxylation sites is 2. The van der Waals surface area contributed by atoms with Crippen molar-refractivity contribution in [3.8, 4) is 5.75 Å². The Morgan fingerprint density at radius 2 is 1.75 bits per heavy atom. The summed E-state index contributed by atoms with van der Waals surface area (Å²) in [5.74, 6) is 0.844. The van der Waals surface area contributed by atoms with E-state index in [2.05, 4.69) is 20.0 Å². The summed E-state index contributed by atoms with van der Waals surface area (Å²) in [5.41, 5.74) is 2.72. The molecule has 0 spiro atoms. The summed E-state index contributed by atoms with van der Waals surface area (Å²) in [6.07, 6.45) is 0.508. The molecule has 0 aliphatic carbocycles. The average molecular weight is 402 g/mol. The third-order valence-corrected chi connectivity index (χ3v) is 5.39. The molecular weight excluding hydrogens is 380 g/mol. The maximum Gasteiger partial charge on any atom is 0.233 e. The molecule has 8 nitrogen and oxygen atoms in total. The van der Waals surface area contributed by atoms with Gasteiger partial charge in [0.1, 0.15) is 5.75 Å². The molecule has 0 unspecified atom stereocenters. The smallest absolute Gasteiger partial charge is 0.233 e. The van der Waals surface area contributed by atoms with Crippen LogP contribution in [0.4, 0.5) is 17.3 Å². The van der Waals surface area contributed by atoms with E-state index in [1.165, 1.54) is 7.11 Å². The van der Waals surface area contributed by atoms with Gasteiger partial charge in [-0.05, 0) is 43.2 Å². The number of aliphatic hydroxyl groups excluding tert-OH is 1. The van der Waals surface area contributed by atoms with E-state index in [9.17, 15) is 8.42 Å². The zero-order valence-corrected chi connectivity index (χ0v) is 16.5. The van der Waals surface area contributed by atoms with Crippen molar-refractivity contribution in [2.45, 2.75) is 13.3 Å². The second-order valence-corrected chi connectivity index (χ2v) is 8.06. The first-order valence-electron chi connectivity index (χ1n) is 8.78. The molecule has 2 aromatic carbocycles. The van der Waals surface area contributed by atoms with Crippen LogP contribution in [0, 0.1) is 0 Å². The maximum absolute atomic E-state index is 12.1. The second-order valence-electron chi connectivity index (χ2n) is 6.05. The molecule has 28 heavy (non-hydrogen) atoms. The van der Waals surface area contributed by atoms with Crippen molar-refractivity contribution in [2.75, 3.05) is 29.5 Å². The van der Waals surface area contributed by atoms with E-state index in [-0.39, 0.29) is 24.0 Å². The Bertz CT molecular complexity index is 1090. The number of hydrogen-bond donors (Lipinski definition) is 3. The van der Waals surface area contributed by atoms with Gasteiger partial charge >= 0.3 is 0 Å². The van der Waals surface area contributed by atoms with E-state index in [4.69, 9.17) is 9.84 Å². The van der Waals surface area contributed by atoms with Gasteiger partial charge in [-0.3, -0.25) is 4.72 Å². The van der Waals surface area contributed by atoms with Crippen LogP contribution in [0.2, 0.25) is 0 Å². The molecule has 0 aliphatic heterocycles. The van der Waals surface area contributed by atoms with Crippen molar-refractivity contribution in [3.63, 3.8) is 0 Å². The highest BCUT2D eigenvalue weighted by Crippen LogP contribution is 2.32. The molecule has 0 amide bonds. The van der Waals surface area contributed by atoms with Crippen LogP contribution in [-0.4, -0.2) is 43.0 Å². The number of benzene rings is 2. The standard InChI is InChI=1S/C19H22N4O4S/c1-3-28(25,26)23-19-18(20-14-6-4-5-7-15(14)21-19)22-16-9-8-13(10-11-24)12-17(16)27-2/h4-9,12,24H,3,10-11H2,1-2H3,(H,20,22)(H,21,23). The van der Waals surface area contributed by atoms with Gasteiger partial charge in [0.05, 0.1) is 29.6 Å². The maximum atomic E-state index is 12.1. The number of nitrogens with zero attached hydrogens (tertiary/aromatic N) is 2. The van der Waals surface area contributed by atoms with E-state index in [0.717, 1.165) is 5.56 Å². The Hall–Kier alpha value is -2.91. The molecule has 1 aromatic heterocycles. The van der Waals surface area contributed by atoms with Crippen LogP contribution in [0.25, 0.3) is 11.0 Å². The molecule has 0 radical (unpaired) electrons. The van der Waals surface area contributed by atoms with Crippen LogP contribution in [0.15, 0.2) is 42.5 Å². The van der Waals surface area contributed by atoms with Crippen molar-refractivity contribution >= 4 is 38.4 Å². The lowest BCUT2D eigenvalue weighted by Gasteiger charge is -2.15. The number of hydrogen-bond acceptors (Lipinski definition) is 7. The molecule has 9 heteroatoms. The topological polar surface area (TPSA) is 113 Å². The van der Waals surface area contributed by atoms with Crippen molar-refractivity contribution in [1.82, 2.24) is 9.97 Å². The quantitative estimate of drug-likeness (QED) is 0.531. The molecule has 3 aromatic rings. The summed E-state index contributed by atoms with van der Waals surface area (Å²) in [7, 11) is -2.00. The monoisotopic (exact) mass is 402 g/mol. The average Bonchev–Trinajstić information content (AvgIpc) is 2.69. The van der Waals surface area contributed by atoms with Gasteiger partial charge in [-0.25, -0.2) is 18.4 Å². The number of methoxy groups -OCH3 is 1. The molecule has 0 bridgehead atoms. The van der Waals surface area contributed by atoms with E-state index >= 15 is 0 Å². The van der Waals surface area contributed by atoms with Gasteiger partial charge in [-0.2, -0.15) is 0 Å². The predicted molar refractivity (Wildman–Crippen MR) is 110 cm³/mol. The molecular formula is C19H22N4O4S. The lowest BCUT2D eigenvalue weighted by Crippen LogP contribution is -2.17. The molecule has 148 valence electrons. The van der Waals surface area contributed by atoms with Gasteiger partial charge in [0.25, 0.3) is 0 Å². The fourth-order valence-electron chi connectivity index (χ4n) is 2.63. The van der Waals surface area contributed by atoms with Gasteiger partial charge in [0.2, 0.25) is 10.0 Å². The minimum atomic E-state index is -3.54. The first kappa shape index (κ1) is 19.8. The highest BCUT2D eigenvalue weighted by molar-refractivity contribution is 7.92. The number of anilines is 3. The summed E-state index contributed by atoms with van der Waals surface area (Å²) < 4.78 is 32.1. The zero-order chi connectivity index (χ0) is 20.1. The van der Waals surface area contributed by atoms with Crippen LogP contribution in [0.1, 0.15) is 12.5 Å². The third kappa shape index (κ3) is 4.49. The number of aromatic nitrogens is 2. The van der Waals surface area contributed by atoms with Crippen LogP contribution in [-0.2, 0) is 16.4 Å². The van der Waals surface area contributed by atoms with Crippen molar-refractivity contribution < 1.29 is 18.3 Å². The lowest BCUT2D eigenvalue weighted by atomic mass is 10.1. The number of rotatable bonds is 8. The summed E-state index contributed by atoms with van der Waals surface area (Å²) >= 11 is 0. The van der Waals surface area contributed by atoms with Crippen molar-refractivity contribution in [2.24, 2.45) is 0 Å². The Morgan fingerprint density at radius 3 is 2.36 bits per heavy atom. The molecule has 0 saturated carbocycles. The molecule has 3 rings (SSSR count). The van der Waals surface area contributed by atoms with Gasteiger partial charge < -0.3 is 15.2 Å². The number of aliphatic hydroxyl groups is 1. The minimum absolute atomic E-state index is 0.0367.